The number of fused-ring (bicyclic) bond motifs is 1. The zero-order chi connectivity index (χ0) is 16.9. The van der Waals surface area contributed by atoms with E-state index in [1.807, 2.05) is 12.1 Å². The van der Waals surface area contributed by atoms with E-state index in [2.05, 4.69) is 30.6 Å². The summed E-state index contributed by atoms with van der Waals surface area (Å²) in [7, 11) is 0. The Morgan fingerprint density at radius 3 is 2.83 bits per heavy atom. The molecule has 0 atom stereocenters. The fourth-order valence-corrected chi connectivity index (χ4v) is 2.33. The number of carbonyl (C=O) groups is 1. The van der Waals surface area contributed by atoms with Crippen molar-refractivity contribution in [2.45, 2.75) is 6.42 Å². The van der Waals surface area contributed by atoms with Crippen LogP contribution >= 0.6 is 11.6 Å². The molecule has 0 aliphatic rings. The molecule has 0 aliphatic carbocycles. The normalized spacial score (nSPS) is 10.7. The van der Waals surface area contributed by atoms with Crippen LogP contribution in [0.4, 0.5) is 5.82 Å². The second-order valence-corrected chi connectivity index (χ2v) is 5.40. The van der Waals surface area contributed by atoms with Gasteiger partial charge in [-0.25, -0.2) is 4.98 Å². The minimum Gasteiger partial charge on any atom is -0.508 e. The number of anilines is 1. The van der Waals surface area contributed by atoms with Crippen LogP contribution in [0.1, 0.15) is 5.56 Å². The summed E-state index contributed by atoms with van der Waals surface area (Å²) in [5.41, 5.74) is 2.06. The van der Waals surface area contributed by atoms with Gasteiger partial charge in [-0.1, -0.05) is 12.1 Å². The highest BCUT2D eigenvalue weighted by molar-refractivity contribution is 6.28. The number of carbonyl (C=O) groups excluding carboxylic acids is 1. The van der Waals surface area contributed by atoms with Gasteiger partial charge in [-0.3, -0.25) is 4.79 Å². The third-order valence-electron chi connectivity index (χ3n) is 3.35. The van der Waals surface area contributed by atoms with Gasteiger partial charge in [0.1, 0.15) is 11.3 Å². The summed E-state index contributed by atoms with van der Waals surface area (Å²) >= 11 is 5.82. The van der Waals surface area contributed by atoms with Crippen LogP contribution < -0.4 is 10.6 Å². The molecule has 24 heavy (non-hydrogen) atoms. The summed E-state index contributed by atoms with van der Waals surface area (Å²) in [6.45, 7) is 0.548. The van der Waals surface area contributed by atoms with E-state index in [0.29, 0.717) is 29.9 Å². The highest BCUT2D eigenvalue weighted by Gasteiger charge is 2.10. The number of amides is 1. The van der Waals surface area contributed by atoms with Crippen molar-refractivity contribution in [1.29, 1.82) is 0 Å². The van der Waals surface area contributed by atoms with Crippen molar-refractivity contribution in [3.8, 4) is 5.75 Å². The maximum Gasteiger partial charge on any atom is 0.239 e. The number of phenols is 1. The number of hydrogen-bond donors (Lipinski definition) is 4. The van der Waals surface area contributed by atoms with Gasteiger partial charge in [-0.2, -0.15) is 9.97 Å². The summed E-state index contributed by atoms with van der Waals surface area (Å²) in [4.78, 5) is 26.8. The monoisotopic (exact) mass is 346 g/mol. The van der Waals surface area contributed by atoms with Crippen LogP contribution in [0.2, 0.25) is 5.28 Å². The highest BCUT2D eigenvalue weighted by atomic mass is 35.5. The summed E-state index contributed by atoms with van der Waals surface area (Å²) in [5, 5.41) is 15.0. The molecule has 1 amide bonds. The quantitative estimate of drug-likeness (QED) is 0.502. The van der Waals surface area contributed by atoms with E-state index in [1.54, 1.807) is 12.1 Å². The Balaban J connectivity index is 1.50. The zero-order valence-corrected chi connectivity index (χ0v) is 13.3. The predicted molar refractivity (Wildman–Crippen MR) is 90.0 cm³/mol. The minimum absolute atomic E-state index is 0.0526. The molecule has 0 unspecified atom stereocenters. The second-order valence-electron chi connectivity index (χ2n) is 5.06. The van der Waals surface area contributed by atoms with Gasteiger partial charge in [-0.05, 0) is 35.7 Å². The summed E-state index contributed by atoms with van der Waals surface area (Å²) in [5.74, 6) is 0.480. The molecular weight excluding hydrogens is 332 g/mol. The minimum atomic E-state index is -0.170. The third kappa shape index (κ3) is 3.90. The van der Waals surface area contributed by atoms with Gasteiger partial charge < -0.3 is 20.7 Å². The zero-order valence-electron chi connectivity index (χ0n) is 12.6. The van der Waals surface area contributed by atoms with E-state index in [9.17, 15) is 9.90 Å². The Bertz CT molecular complexity index is 849. The maximum absolute atomic E-state index is 11.9. The Morgan fingerprint density at radius 2 is 2.04 bits per heavy atom. The summed E-state index contributed by atoms with van der Waals surface area (Å²) in [6.07, 6.45) is 2.16. The average molecular weight is 347 g/mol. The van der Waals surface area contributed by atoms with Crippen LogP contribution in [0.5, 0.6) is 5.75 Å². The highest BCUT2D eigenvalue weighted by Crippen LogP contribution is 2.18. The van der Waals surface area contributed by atoms with Gasteiger partial charge in [0.2, 0.25) is 11.2 Å². The Morgan fingerprint density at radius 1 is 1.25 bits per heavy atom. The number of nitrogens with one attached hydrogen (secondary N) is 3. The van der Waals surface area contributed by atoms with Crippen molar-refractivity contribution < 1.29 is 9.90 Å². The molecule has 0 radical (unpaired) electrons. The van der Waals surface area contributed by atoms with Gasteiger partial charge >= 0.3 is 0 Å². The van der Waals surface area contributed by atoms with Crippen LogP contribution in [0.25, 0.3) is 11.2 Å². The van der Waals surface area contributed by atoms with Crippen molar-refractivity contribution in [2.75, 3.05) is 18.4 Å². The van der Waals surface area contributed by atoms with E-state index in [1.165, 1.54) is 6.33 Å². The van der Waals surface area contributed by atoms with Gasteiger partial charge in [-0.15, -0.1) is 0 Å². The van der Waals surface area contributed by atoms with E-state index in [0.717, 1.165) is 5.56 Å². The molecular formula is C15H15ClN6O2. The van der Waals surface area contributed by atoms with E-state index < -0.39 is 0 Å². The summed E-state index contributed by atoms with van der Waals surface area (Å²) in [6, 6.07) is 6.87. The first-order valence-electron chi connectivity index (χ1n) is 7.27. The van der Waals surface area contributed by atoms with Crippen molar-refractivity contribution in [3.63, 3.8) is 0 Å². The average Bonchev–Trinajstić information content (AvgIpc) is 3.02. The number of imidazole rings is 1. The lowest BCUT2D eigenvalue weighted by Gasteiger charge is -2.08. The number of phenolic OH excluding ortho intramolecular Hbond substituents is 1. The molecule has 2 aromatic heterocycles. The Kier molecular flexibility index (Phi) is 4.76. The molecule has 0 bridgehead atoms. The van der Waals surface area contributed by atoms with E-state index >= 15 is 0 Å². The van der Waals surface area contributed by atoms with Crippen LogP contribution in [-0.2, 0) is 11.2 Å². The molecule has 3 aromatic rings. The van der Waals surface area contributed by atoms with Crippen LogP contribution in [0, 0.1) is 0 Å². The molecule has 2 heterocycles. The van der Waals surface area contributed by atoms with Crippen molar-refractivity contribution in [2.24, 2.45) is 0 Å². The van der Waals surface area contributed by atoms with Crippen molar-refractivity contribution in [3.05, 3.63) is 41.4 Å². The number of H-pyrrole nitrogens is 1. The molecule has 4 N–H and O–H groups in total. The molecule has 0 fully saturated rings. The number of aromatic nitrogens is 4. The number of rotatable bonds is 6. The number of nitrogens with zero attached hydrogens (tertiary/aromatic N) is 3. The molecule has 9 heteroatoms. The molecule has 8 nitrogen and oxygen atoms in total. The Labute approximate surface area is 142 Å². The topological polar surface area (TPSA) is 116 Å². The largest absolute Gasteiger partial charge is 0.508 e. The van der Waals surface area contributed by atoms with Crippen LogP contribution in [-0.4, -0.2) is 44.0 Å². The number of halogens is 1. The summed E-state index contributed by atoms with van der Waals surface area (Å²) < 4.78 is 0. The molecule has 0 saturated heterocycles. The number of benzene rings is 1. The standard InChI is InChI=1S/C15H15ClN6O2/c16-15-21-13(12-14(22-15)20-8-19-12)18-7-11(24)17-6-5-9-1-3-10(23)4-2-9/h1-4,8,23H,5-7H2,(H,17,24)(H2,18,19,20,21,22). The first kappa shape index (κ1) is 16.0. The van der Waals surface area contributed by atoms with E-state index in [4.69, 9.17) is 11.6 Å². The molecule has 0 aliphatic heterocycles. The molecule has 0 spiro atoms. The fraction of sp³-hybridized carbons (Fsp3) is 0.200. The van der Waals surface area contributed by atoms with Crippen molar-refractivity contribution >= 4 is 34.5 Å². The lowest BCUT2D eigenvalue weighted by molar-refractivity contribution is -0.119. The lowest BCUT2D eigenvalue weighted by Crippen LogP contribution is -2.31. The SMILES string of the molecule is O=C(CNc1nc(Cl)nc2nc[nH]c12)NCCc1ccc(O)cc1. The first-order chi connectivity index (χ1) is 11.6. The van der Waals surface area contributed by atoms with Gasteiger partial charge in [0.05, 0.1) is 12.9 Å². The van der Waals surface area contributed by atoms with Crippen molar-refractivity contribution in [1.82, 2.24) is 25.3 Å². The molecule has 124 valence electrons. The fourth-order valence-electron chi connectivity index (χ4n) is 2.17. The molecule has 1 aromatic carbocycles. The van der Waals surface area contributed by atoms with Gasteiger partial charge in [0.15, 0.2) is 11.5 Å². The lowest BCUT2D eigenvalue weighted by atomic mass is 10.1. The molecule has 3 rings (SSSR count). The first-order valence-corrected chi connectivity index (χ1v) is 7.65. The number of aromatic amines is 1. The third-order valence-corrected chi connectivity index (χ3v) is 3.52. The molecule has 0 saturated carbocycles. The van der Waals surface area contributed by atoms with Crippen LogP contribution in [0.3, 0.4) is 0 Å². The number of aromatic hydroxyl groups is 1. The second kappa shape index (κ2) is 7.14. The smallest absolute Gasteiger partial charge is 0.239 e. The van der Waals surface area contributed by atoms with Gasteiger partial charge in [0.25, 0.3) is 0 Å². The van der Waals surface area contributed by atoms with Gasteiger partial charge in [0, 0.05) is 6.54 Å². The Hall–Kier alpha value is -2.87. The predicted octanol–water partition coefficient (Wildman–Crippen LogP) is 1.48. The number of hydrogen-bond acceptors (Lipinski definition) is 6. The van der Waals surface area contributed by atoms with Crippen LogP contribution in [0.15, 0.2) is 30.6 Å². The van der Waals surface area contributed by atoms with E-state index in [-0.39, 0.29) is 23.5 Å². The maximum atomic E-state index is 11.9.